The van der Waals surface area contributed by atoms with Crippen LogP contribution in [0.1, 0.15) is 60.8 Å². The predicted octanol–water partition coefficient (Wildman–Crippen LogP) is 3.93. The van der Waals surface area contributed by atoms with Crippen LogP contribution in [0.25, 0.3) is 0 Å². The fourth-order valence-electron chi connectivity index (χ4n) is 1.22. The number of carbonyl (C=O) groups is 1. The number of hydrogen-bond donors (Lipinski definition) is 1. The minimum atomic E-state index is -0.353. The molecule has 0 rings (SSSR count). The Bertz CT molecular complexity index is 272. The molecule has 0 saturated carbocycles. The van der Waals surface area contributed by atoms with Crippen LogP contribution in [-0.2, 0) is 14.3 Å². The smallest absolute Gasteiger partial charge is 0.308 e. The molecule has 0 aromatic heterocycles. The molecule has 0 spiro atoms. The van der Waals surface area contributed by atoms with Crippen molar-refractivity contribution in [1.29, 1.82) is 0 Å². The highest BCUT2D eigenvalue weighted by Gasteiger charge is 2.06. The van der Waals surface area contributed by atoms with Gasteiger partial charge in [-0.1, -0.05) is 48.1 Å². The van der Waals surface area contributed by atoms with E-state index in [1.165, 1.54) is 0 Å². The third-order valence-corrected chi connectivity index (χ3v) is 2.51. The fourth-order valence-corrected chi connectivity index (χ4v) is 1.22. The van der Waals surface area contributed by atoms with E-state index in [4.69, 9.17) is 9.47 Å². The van der Waals surface area contributed by atoms with Crippen LogP contribution >= 0.6 is 0 Å². The molecule has 0 bridgehead atoms. The molecule has 4 heteroatoms. The van der Waals surface area contributed by atoms with Gasteiger partial charge in [0.1, 0.15) is 6.61 Å². The molecule has 0 saturated heterocycles. The number of carbonyl (C=O) groups excluding carboxylic acids is 1. The topological polar surface area (TPSA) is 55.8 Å². The summed E-state index contributed by atoms with van der Waals surface area (Å²) in [7, 11) is 0. The summed E-state index contributed by atoms with van der Waals surface area (Å²) in [5.74, 6) is 1.25. The minimum Gasteiger partial charge on any atom is -0.496 e. The summed E-state index contributed by atoms with van der Waals surface area (Å²) in [6.45, 7) is 16.5. The van der Waals surface area contributed by atoms with Crippen molar-refractivity contribution in [2.24, 2.45) is 11.8 Å². The van der Waals surface area contributed by atoms with Crippen molar-refractivity contribution in [1.82, 2.24) is 0 Å². The summed E-state index contributed by atoms with van der Waals surface area (Å²) in [5, 5.41) is 9.17. The highest BCUT2D eigenvalue weighted by atomic mass is 16.5. The van der Waals surface area contributed by atoms with Crippen LogP contribution in [-0.4, -0.2) is 30.4 Å². The van der Waals surface area contributed by atoms with Crippen LogP contribution < -0.4 is 0 Å². The standard InChI is InChI=1S/C10H20O2.C7H14O2/c1-5-10(11)7-12-9(4)6-8(2)3;1-4-5-9-7(8)6(2)3/h8,10-11H,4-7H2,1-3H3;6H,4-5H2,1-3H3. The molecule has 0 aromatic rings. The van der Waals surface area contributed by atoms with Gasteiger partial charge in [0.2, 0.25) is 0 Å². The monoisotopic (exact) mass is 302 g/mol. The summed E-state index contributed by atoms with van der Waals surface area (Å²) in [6.07, 6.45) is 2.15. The maximum Gasteiger partial charge on any atom is 0.308 e. The van der Waals surface area contributed by atoms with E-state index in [2.05, 4.69) is 20.4 Å². The number of ether oxygens (including phenoxy) is 2. The molecule has 1 atom stereocenters. The lowest BCUT2D eigenvalue weighted by molar-refractivity contribution is -0.147. The molecule has 0 fully saturated rings. The highest BCUT2D eigenvalue weighted by Crippen LogP contribution is 2.10. The zero-order valence-corrected chi connectivity index (χ0v) is 14.6. The quantitative estimate of drug-likeness (QED) is 0.518. The molecule has 21 heavy (non-hydrogen) atoms. The van der Waals surface area contributed by atoms with E-state index in [1.807, 2.05) is 27.7 Å². The largest absolute Gasteiger partial charge is 0.496 e. The number of hydrogen-bond acceptors (Lipinski definition) is 4. The Morgan fingerprint density at radius 3 is 2.10 bits per heavy atom. The normalized spacial score (nSPS) is 11.7. The first-order valence-corrected chi connectivity index (χ1v) is 7.89. The molecule has 0 aliphatic heterocycles. The Labute approximate surface area is 130 Å². The van der Waals surface area contributed by atoms with Gasteiger partial charge in [-0.05, 0) is 18.8 Å². The Morgan fingerprint density at radius 2 is 1.71 bits per heavy atom. The minimum absolute atomic E-state index is 0.0107. The first-order chi connectivity index (χ1) is 9.74. The maximum atomic E-state index is 10.7. The summed E-state index contributed by atoms with van der Waals surface area (Å²) in [4.78, 5) is 10.7. The summed E-state index contributed by atoms with van der Waals surface area (Å²) in [5.41, 5.74) is 0. The van der Waals surface area contributed by atoms with Crippen molar-refractivity contribution in [3.8, 4) is 0 Å². The zero-order valence-electron chi connectivity index (χ0n) is 14.6. The van der Waals surface area contributed by atoms with E-state index in [-0.39, 0.29) is 18.0 Å². The number of aliphatic hydroxyl groups excluding tert-OH is 1. The summed E-state index contributed by atoms with van der Waals surface area (Å²) >= 11 is 0. The van der Waals surface area contributed by atoms with Crippen LogP contribution in [0, 0.1) is 11.8 Å². The van der Waals surface area contributed by atoms with E-state index < -0.39 is 0 Å². The van der Waals surface area contributed by atoms with E-state index in [0.29, 0.717) is 19.1 Å². The van der Waals surface area contributed by atoms with Gasteiger partial charge in [0.05, 0.1) is 24.4 Å². The van der Waals surface area contributed by atoms with Crippen LogP contribution in [0.3, 0.4) is 0 Å². The number of esters is 1. The molecule has 0 radical (unpaired) electrons. The molecule has 0 heterocycles. The van der Waals surface area contributed by atoms with Crippen LogP contribution in [0.5, 0.6) is 0 Å². The SMILES string of the molecule is C=C(CC(C)C)OCC(O)CC.CCCOC(=O)C(C)C. The lowest BCUT2D eigenvalue weighted by Gasteiger charge is -2.13. The van der Waals surface area contributed by atoms with Gasteiger partial charge >= 0.3 is 5.97 Å². The van der Waals surface area contributed by atoms with E-state index in [9.17, 15) is 9.90 Å². The molecule has 1 N–H and O–H groups in total. The molecule has 4 nitrogen and oxygen atoms in total. The van der Waals surface area contributed by atoms with Crippen LogP contribution in [0.4, 0.5) is 0 Å². The highest BCUT2D eigenvalue weighted by molar-refractivity contribution is 5.71. The molecule has 0 aliphatic rings. The molecule has 0 aromatic carbocycles. The van der Waals surface area contributed by atoms with Crippen molar-refractivity contribution in [2.45, 2.75) is 66.9 Å². The van der Waals surface area contributed by atoms with Crippen LogP contribution in [0.2, 0.25) is 0 Å². The molecule has 126 valence electrons. The lowest BCUT2D eigenvalue weighted by Crippen LogP contribution is -2.13. The van der Waals surface area contributed by atoms with Gasteiger partial charge < -0.3 is 14.6 Å². The van der Waals surface area contributed by atoms with Gasteiger partial charge in [-0.15, -0.1) is 0 Å². The second-order valence-electron chi connectivity index (χ2n) is 5.83. The van der Waals surface area contributed by atoms with Gasteiger partial charge in [0.15, 0.2) is 0 Å². The predicted molar refractivity (Wildman–Crippen MR) is 86.9 cm³/mol. The van der Waals surface area contributed by atoms with Crippen molar-refractivity contribution < 1.29 is 19.4 Å². The summed E-state index contributed by atoms with van der Waals surface area (Å²) < 4.78 is 10.1. The van der Waals surface area contributed by atoms with Gasteiger partial charge in [0, 0.05) is 6.42 Å². The second-order valence-corrected chi connectivity index (χ2v) is 5.83. The average molecular weight is 302 g/mol. The number of rotatable bonds is 9. The molecule has 0 amide bonds. The molecular weight excluding hydrogens is 268 g/mol. The molecule has 0 aliphatic carbocycles. The van der Waals surface area contributed by atoms with Crippen LogP contribution in [0.15, 0.2) is 12.3 Å². The maximum absolute atomic E-state index is 10.7. The average Bonchev–Trinajstić information content (AvgIpc) is 2.41. The Morgan fingerprint density at radius 1 is 1.14 bits per heavy atom. The Balaban J connectivity index is 0. The summed E-state index contributed by atoms with van der Waals surface area (Å²) in [6, 6.07) is 0. The van der Waals surface area contributed by atoms with E-state index in [0.717, 1.165) is 25.0 Å². The van der Waals surface area contributed by atoms with Crippen molar-refractivity contribution in [3.63, 3.8) is 0 Å². The Hall–Kier alpha value is -1.03. The third kappa shape index (κ3) is 16.9. The number of allylic oxidation sites excluding steroid dienone is 1. The lowest BCUT2D eigenvalue weighted by atomic mass is 10.1. The van der Waals surface area contributed by atoms with Crippen molar-refractivity contribution in [3.05, 3.63) is 12.3 Å². The van der Waals surface area contributed by atoms with Gasteiger partial charge in [-0.25, -0.2) is 0 Å². The molecular formula is C17H34O4. The third-order valence-electron chi connectivity index (χ3n) is 2.51. The second kappa shape index (κ2) is 13.9. The van der Waals surface area contributed by atoms with Gasteiger partial charge in [0.25, 0.3) is 0 Å². The van der Waals surface area contributed by atoms with Gasteiger partial charge in [-0.2, -0.15) is 0 Å². The zero-order chi connectivity index (χ0) is 16.8. The van der Waals surface area contributed by atoms with Gasteiger partial charge in [-0.3, -0.25) is 4.79 Å². The first kappa shape index (κ1) is 22.3. The van der Waals surface area contributed by atoms with Crippen molar-refractivity contribution >= 4 is 5.97 Å². The molecule has 1 unspecified atom stereocenters. The van der Waals surface area contributed by atoms with E-state index in [1.54, 1.807) is 0 Å². The fraction of sp³-hybridized carbons (Fsp3) is 0.824. The Kier molecular flexibility index (Phi) is 14.8. The number of aliphatic hydroxyl groups is 1. The van der Waals surface area contributed by atoms with Crippen molar-refractivity contribution in [2.75, 3.05) is 13.2 Å². The first-order valence-electron chi connectivity index (χ1n) is 7.89. The van der Waals surface area contributed by atoms with E-state index >= 15 is 0 Å².